The van der Waals surface area contributed by atoms with Crippen molar-refractivity contribution in [3.05, 3.63) is 22.3 Å². The number of rotatable bonds is 4. The lowest BCUT2D eigenvalue weighted by molar-refractivity contribution is -0.487. The number of carbonyl (C=O) groups excluding carboxylic acids is 1. The van der Waals surface area contributed by atoms with E-state index in [0.29, 0.717) is 6.29 Å². The van der Waals surface area contributed by atoms with E-state index in [1.807, 2.05) is 0 Å². The van der Waals surface area contributed by atoms with Crippen LogP contribution in [-0.4, -0.2) is 29.0 Å². The van der Waals surface area contributed by atoms with E-state index in [9.17, 15) is 14.9 Å². The van der Waals surface area contributed by atoms with Gasteiger partial charge in [0, 0.05) is 4.92 Å². The van der Waals surface area contributed by atoms with Crippen LogP contribution in [0.4, 0.5) is 0 Å². The van der Waals surface area contributed by atoms with Gasteiger partial charge in [0.05, 0.1) is 0 Å². The third kappa shape index (κ3) is 4.92. The van der Waals surface area contributed by atoms with Crippen LogP contribution in [0.25, 0.3) is 0 Å². The molecule has 10 heavy (non-hydrogen) atoms. The Hall–Kier alpha value is -1.23. The molecule has 0 fully saturated rings. The van der Waals surface area contributed by atoms with E-state index in [4.69, 9.17) is 5.11 Å². The predicted molar refractivity (Wildman–Crippen MR) is 33.1 cm³/mol. The minimum atomic E-state index is -1.17. The predicted octanol–water partition coefficient (Wildman–Crippen LogP) is -0.621. The molecule has 0 aliphatic heterocycles. The second-order valence-corrected chi connectivity index (χ2v) is 1.60. The van der Waals surface area contributed by atoms with Crippen LogP contribution < -0.4 is 0 Å². The number of aliphatic hydroxyl groups is 1. The van der Waals surface area contributed by atoms with Crippen LogP contribution in [-0.2, 0) is 4.79 Å². The molecule has 0 rings (SSSR count). The van der Waals surface area contributed by atoms with E-state index in [0.717, 1.165) is 12.2 Å². The van der Waals surface area contributed by atoms with Crippen LogP contribution in [0, 0.1) is 10.1 Å². The summed E-state index contributed by atoms with van der Waals surface area (Å²) in [6.45, 7) is -0.565. The number of aliphatic hydroxyl groups excluding tert-OH is 1. The zero-order valence-corrected chi connectivity index (χ0v) is 5.14. The van der Waals surface area contributed by atoms with Gasteiger partial charge >= 0.3 is 0 Å². The van der Waals surface area contributed by atoms with E-state index in [-0.39, 0.29) is 0 Å². The summed E-state index contributed by atoms with van der Waals surface area (Å²) in [5.41, 5.74) is 0. The molecular weight excluding hydrogens is 138 g/mol. The van der Waals surface area contributed by atoms with E-state index in [1.165, 1.54) is 0 Å². The Morgan fingerprint density at radius 2 is 2.30 bits per heavy atom. The highest BCUT2D eigenvalue weighted by atomic mass is 16.6. The molecule has 0 heterocycles. The number of nitro groups is 1. The van der Waals surface area contributed by atoms with Crippen LogP contribution in [0.1, 0.15) is 0 Å². The standard InChI is InChI=1S/C5H7NO4/c7-3-1-2-5(8)4-6(9)10/h1-3,5,8H,4H2. The van der Waals surface area contributed by atoms with Crippen molar-refractivity contribution in [3.63, 3.8) is 0 Å². The normalized spacial score (nSPS) is 13.3. The molecule has 5 heteroatoms. The van der Waals surface area contributed by atoms with Gasteiger partial charge in [0.1, 0.15) is 12.4 Å². The van der Waals surface area contributed by atoms with E-state index < -0.39 is 17.6 Å². The summed E-state index contributed by atoms with van der Waals surface area (Å²) in [4.78, 5) is 18.7. The summed E-state index contributed by atoms with van der Waals surface area (Å²) in [6.07, 6.45) is 1.37. The van der Waals surface area contributed by atoms with Gasteiger partial charge in [0.25, 0.3) is 0 Å². The van der Waals surface area contributed by atoms with Crippen molar-refractivity contribution < 1.29 is 14.8 Å². The summed E-state index contributed by atoms with van der Waals surface area (Å²) in [5.74, 6) is 0. The molecule has 0 aromatic heterocycles. The maximum Gasteiger partial charge on any atom is 0.232 e. The molecule has 1 unspecified atom stereocenters. The number of hydrogen-bond acceptors (Lipinski definition) is 4. The molecule has 0 aromatic carbocycles. The number of allylic oxidation sites excluding steroid dienone is 1. The molecule has 0 aromatic rings. The fraction of sp³-hybridized carbons (Fsp3) is 0.400. The molecule has 1 N–H and O–H groups in total. The monoisotopic (exact) mass is 145 g/mol. The Morgan fingerprint density at radius 3 is 2.70 bits per heavy atom. The molecule has 56 valence electrons. The second-order valence-electron chi connectivity index (χ2n) is 1.60. The Bertz CT molecular complexity index is 154. The lowest BCUT2D eigenvalue weighted by Crippen LogP contribution is -2.16. The van der Waals surface area contributed by atoms with Gasteiger partial charge in [0.15, 0.2) is 0 Å². The van der Waals surface area contributed by atoms with Crippen molar-refractivity contribution in [1.29, 1.82) is 0 Å². The van der Waals surface area contributed by atoms with Gasteiger partial charge < -0.3 is 5.11 Å². The van der Waals surface area contributed by atoms with Crippen LogP contribution in [0.15, 0.2) is 12.2 Å². The fourth-order valence-corrected chi connectivity index (χ4v) is 0.387. The van der Waals surface area contributed by atoms with Crippen molar-refractivity contribution in [1.82, 2.24) is 0 Å². The lowest BCUT2D eigenvalue weighted by atomic mass is 10.3. The maximum absolute atomic E-state index is 9.70. The highest BCUT2D eigenvalue weighted by Gasteiger charge is 2.05. The fourth-order valence-electron chi connectivity index (χ4n) is 0.387. The first-order valence-electron chi connectivity index (χ1n) is 2.58. The van der Waals surface area contributed by atoms with Gasteiger partial charge in [-0.1, -0.05) is 0 Å². The molecule has 0 amide bonds. The largest absolute Gasteiger partial charge is 0.382 e. The van der Waals surface area contributed by atoms with Crippen LogP contribution in [0.3, 0.4) is 0 Å². The number of carbonyl (C=O) groups is 1. The number of aldehydes is 1. The molecular formula is C5H7NO4. The summed E-state index contributed by atoms with van der Waals surface area (Å²) in [6, 6.07) is 0. The number of hydrogen-bond donors (Lipinski definition) is 1. The first kappa shape index (κ1) is 8.77. The molecule has 0 bridgehead atoms. The zero-order chi connectivity index (χ0) is 7.98. The Labute approximate surface area is 57.1 Å². The molecule has 0 aliphatic rings. The van der Waals surface area contributed by atoms with Crippen molar-refractivity contribution in [2.24, 2.45) is 0 Å². The van der Waals surface area contributed by atoms with Gasteiger partial charge in [-0.15, -0.1) is 0 Å². The Morgan fingerprint density at radius 1 is 1.70 bits per heavy atom. The van der Waals surface area contributed by atoms with Crippen molar-refractivity contribution in [2.75, 3.05) is 6.54 Å². The average Bonchev–Trinajstić information content (AvgIpc) is 1.82. The minimum Gasteiger partial charge on any atom is -0.382 e. The second kappa shape index (κ2) is 4.63. The van der Waals surface area contributed by atoms with Crippen LogP contribution in [0.5, 0.6) is 0 Å². The summed E-state index contributed by atoms with van der Waals surface area (Å²) < 4.78 is 0. The highest BCUT2D eigenvalue weighted by Crippen LogP contribution is 1.84. The molecule has 0 saturated carbocycles. The topological polar surface area (TPSA) is 80.4 Å². The summed E-state index contributed by atoms with van der Waals surface area (Å²) in [5, 5.41) is 18.4. The first-order chi connectivity index (χ1) is 4.66. The minimum absolute atomic E-state index is 0.448. The summed E-state index contributed by atoms with van der Waals surface area (Å²) >= 11 is 0. The Kier molecular flexibility index (Phi) is 4.06. The molecule has 0 radical (unpaired) electrons. The van der Waals surface area contributed by atoms with Gasteiger partial charge in [-0.2, -0.15) is 0 Å². The zero-order valence-electron chi connectivity index (χ0n) is 5.14. The third-order valence-electron chi connectivity index (χ3n) is 0.748. The van der Waals surface area contributed by atoms with Crippen LogP contribution in [0.2, 0.25) is 0 Å². The van der Waals surface area contributed by atoms with Gasteiger partial charge in [-0.05, 0) is 12.2 Å². The molecule has 0 aliphatic carbocycles. The number of nitrogens with zero attached hydrogens (tertiary/aromatic N) is 1. The van der Waals surface area contributed by atoms with Crippen molar-refractivity contribution >= 4 is 6.29 Å². The SMILES string of the molecule is O=CC=CC(O)C[N+](=O)[O-]. The molecule has 0 saturated heterocycles. The molecule has 5 nitrogen and oxygen atoms in total. The highest BCUT2D eigenvalue weighted by molar-refractivity contribution is 5.64. The summed E-state index contributed by atoms with van der Waals surface area (Å²) in [7, 11) is 0. The average molecular weight is 145 g/mol. The lowest BCUT2D eigenvalue weighted by Gasteiger charge is -1.95. The first-order valence-corrected chi connectivity index (χ1v) is 2.58. The molecule has 1 atom stereocenters. The van der Waals surface area contributed by atoms with Gasteiger partial charge in [0.2, 0.25) is 6.54 Å². The third-order valence-corrected chi connectivity index (χ3v) is 0.748. The van der Waals surface area contributed by atoms with Gasteiger partial charge in [-0.25, -0.2) is 0 Å². The maximum atomic E-state index is 9.70. The Balaban J connectivity index is 3.62. The van der Waals surface area contributed by atoms with E-state index in [2.05, 4.69) is 0 Å². The van der Waals surface area contributed by atoms with Crippen molar-refractivity contribution in [2.45, 2.75) is 6.10 Å². The van der Waals surface area contributed by atoms with Gasteiger partial charge in [-0.3, -0.25) is 14.9 Å². The smallest absolute Gasteiger partial charge is 0.232 e. The van der Waals surface area contributed by atoms with E-state index >= 15 is 0 Å². The van der Waals surface area contributed by atoms with Crippen LogP contribution >= 0.6 is 0 Å². The molecule has 0 spiro atoms. The quantitative estimate of drug-likeness (QED) is 0.247. The van der Waals surface area contributed by atoms with E-state index in [1.54, 1.807) is 0 Å². The van der Waals surface area contributed by atoms with Crippen molar-refractivity contribution in [3.8, 4) is 0 Å².